The summed E-state index contributed by atoms with van der Waals surface area (Å²) in [7, 11) is 0. The van der Waals surface area contributed by atoms with E-state index in [1.165, 1.54) is 5.56 Å². The lowest BCUT2D eigenvalue weighted by atomic mass is 10.1. The van der Waals surface area contributed by atoms with Gasteiger partial charge in [0, 0.05) is 6.07 Å². The molecule has 3 N–H and O–H groups in total. The van der Waals surface area contributed by atoms with E-state index in [-0.39, 0.29) is 6.17 Å². The Labute approximate surface area is 104 Å². The molecule has 2 heterocycles. The quantitative estimate of drug-likeness (QED) is 0.608. The highest BCUT2D eigenvalue weighted by molar-refractivity contribution is 5.78. The highest BCUT2D eigenvalue weighted by atomic mass is 15.2. The first-order chi connectivity index (χ1) is 8.90. The number of imidazole rings is 1. The molecule has 0 saturated carbocycles. The number of nitrogens with zero attached hydrogens (tertiary/aromatic N) is 1. The monoisotopic (exact) mass is 235 g/mol. The van der Waals surface area contributed by atoms with Gasteiger partial charge in [0.2, 0.25) is 0 Å². The number of rotatable bonds is 1. The lowest BCUT2D eigenvalue weighted by molar-refractivity contribution is 0.943. The molecule has 0 fully saturated rings. The molecule has 0 bridgehead atoms. The molecule has 18 heavy (non-hydrogen) atoms. The van der Waals surface area contributed by atoms with Crippen LogP contribution < -0.4 is 10.6 Å². The Bertz CT molecular complexity index is 691. The summed E-state index contributed by atoms with van der Waals surface area (Å²) >= 11 is 0. The molecule has 1 aromatic heterocycles. The average molecular weight is 235 g/mol. The van der Waals surface area contributed by atoms with Gasteiger partial charge in [-0.15, -0.1) is 0 Å². The Hall–Kier alpha value is -2.49. The maximum absolute atomic E-state index is 4.22. The number of fused-ring (bicyclic) bond motifs is 2. The van der Waals surface area contributed by atoms with E-state index in [2.05, 4.69) is 38.8 Å². The summed E-state index contributed by atoms with van der Waals surface area (Å²) in [6.45, 7) is 0. The van der Waals surface area contributed by atoms with Crippen LogP contribution in [0, 0.1) is 6.07 Å². The summed E-state index contributed by atoms with van der Waals surface area (Å²) < 4.78 is 0. The number of hydrogen-bond donors (Lipinski definition) is 3. The number of anilines is 2. The van der Waals surface area contributed by atoms with Gasteiger partial charge in [-0.25, -0.2) is 4.98 Å². The predicted octanol–water partition coefficient (Wildman–Crippen LogP) is 2.90. The van der Waals surface area contributed by atoms with Gasteiger partial charge in [0.05, 0.1) is 28.7 Å². The maximum atomic E-state index is 4.22. The second kappa shape index (κ2) is 3.50. The Morgan fingerprint density at radius 3 is 3.11 bits per heavy atom. The van der Waals surface area contributed by atoms with Gasteiger partial charge < -0.3 is 15.6 Å². The summed E-state index contributed by atoms with van der Waals surface area (Å²) in [6, 6.07) is 15.3. The van der Waals surface area contributed by atoms with Crippen molar-refractivity contribution in [2.75, 3.05) is 10.6 Å². The van der Waals surface area contributed by atoms with Crippen LogP contribution in [0.4, 0.5) is 11.4 Å². The van der Waals surface area contributed by atoms with Gasteiger partial charge in [-0.1, -0.05) is 18.2 Å². The number of H-pyrrole nitrogens is 1. The minimum atomic E-state index is 0.0892. The summed E-state index contributed by atoms with van der Waals surface area (Å²) in [4.78, 5) is 7.35. The number of benzene rings is 2. The van der Waals surface area contributed by atoms with E-state index in [0.29, 0.717) is 0 Å². The summed E-state index contributed by atoms with van der Waals surface area (Å²) in [5, 5.41) is 6.84. The molecule has 2 aromatic carbocycles. The smallest absolute Gasteiger partial charge is 0.123 e. The van der Waals surface area contributed by atoms with Crippen molar-refractivity contribution in [2.45, 2.75) is 6.17 Å². The van der Waals surface area contributed by atoms with Crippen LogP contribution in [-0.4, -0.2) is 9.97 Å². The van der Waals surface area contributed by atoms with Gasteiger partial charge in [0.15, 0.2) is 0 Å². The molecule has 0 amide bonds. The van der Waals surface area contributed by atoms with Gasteiger partial charge in [0.1, 0.15) is 6.17 Å². The molecule has 87 valence electrons. The molecule has 1 aliphatic rings. The normalized spacial score (nSPS) is 14.2. The molecule has 1 radical (unpaired) electrons. The average Bonchev–Trinajstić information content (AvgIpc) is 3.04. The zero-order chi connectivity index (χ0) is 11.9. The van der Waals surface area contributed by atoms with E-state index >= 15 is 0 Å². The zero-order valence-electron chi connectivity index (χ0n) is 9.57. The van der Waals surface area contributed by atoms with Crippen LogP contribution in [-0.2, 0) is 0 Å². The van der Waals surface area contributed by atoms with Crippen molar-refractivity contribution in [2.24, 2.45) is 0 Å². The van der Waals surface area contributed by atoms with Crippen LogP contribution in [0.25, 0.3) is 11.0 Å². The third kappa shape index (κ3) is 1.35. The first-order valence-electron chi connectivity index (χ1n) is 5.87. The fraction of sp³-hybridized carbons (Fsp3) is 0.0714. The van der Waals surface area contributed by atoms with Crippen molar-refractivity contribution in [1.29, 1.82) is 0 Å². The van der Waals surface area contributed by atoms with Crippen LogP contribution in [0.1, 0.15) is 11.7 Å². The van der Waals surface area contributed by atoms with Crippen LogP contribution >= 0.6 is 0 Å². The summed E-state index contributed by atoms with van der Waals surface area (Å²) in [6.07, 6.45) is 1.80. The van der Waals surface area contributed by atoms with Gasteiger partial charge in [-0.3, -0.25) is 0 Å². The number of para-hydroxylation sites is 1. The maximum Gasteiger partial charge on any atom is 0.123 e. The van der Waals surface area contributed by atoms with Crippen LogP contribution in [0.15, 0.2) is 42.7 Å². The SMILES string of the molecule is [c]1cccc2c1NC(c1ccc3nc[nH]c3c1)N2. The molecule has 1 aliphatic heterocycles. The van der Waals surface area contributed by atoms with Gasteiger partial charge >= 0.3 is 0 Å². The zero-order valence-corrected chi connectivity index (χ0v) is 9.57. The molecule has 4 rings (SSSR count). The van der Waals surface area contributed by atoms with Crippen molar-refractivity contribution in [1.82, 2.24) is 9.97 Å². The van der Waals surface area contributed by atoms with Crippen molar-refractivity contribution >= 4 is 22.4 Å². The van der Waals surface area contributed by atoms with Gasteiger partial charge in [0.25, 0.3) is 0 Å². The minimum Gasteiger partial charge on any atom is -0.360 e. The van der Waals surface area contributed by atoms with Crippen molar-refractivity contribution < 1.29 is 0 Å². The van der Waals surface area contributed by atoms with Gasteiger partial charge in [-0.05, 0) is 23.8 Å². The van der Waals surface area contributed by atoms with Gasteiger partial charge in [-0.2, -0.15) is 0 Å². The third-order valence-electron chi connectivity index (χ3n) is 3.22. The first-order valence-corrected chi connectivity index (χ1v) is 5.87. The van der Waals surface area contributed by atoms with E-state index in [9.17, 15) is 0 Å². The summed E-state index contributed by atoms with van der Waals surface area (Å²) in [5.74, 6) is 0. The topological polar surface area (TPSA) is 52.7 Å². The molecular weight excluding hydrogens is 224 g/mol. The molecule has 3 aromatic rings. The Morgan fingerprint density at radius 2 is 2.17 bits per heavy atom. The molecule has 0 aliphatic carbocycles. The molecule has 0 spiro atoms. The fourth-order valence-corrected chi connectivity index (χ4v) is 2.31. The lowest BCUT2D eigenvalue weighted by Gasteiger charge is -2.12. The van der Waals surface area contributed by atoms with Crippen LogP contribution in [0.2, 0.25) is 0 Å². The second-order valence-corrected chi connectivity index (χ2v) is 4.36. The van der Waals surface area contributed by atoms with E-state index in [1.807, 2.05) is 24.3 Å². The minimum absolute atomic E-state index is 0.0892. The number of hydrogen-bond acceptors (Lipinski definition) is 3. The molecule has 4 nitrogen and oxygen atoms in total. The molecular formula is C14H11N4. The van der Waals surface area contributed by atoms with Crippen molar-refractivity contribution in [3.63, 3.8) is 0 Å². The highest BCUT2D eigenvalue weighted by Gasteiger charge is 2.20. The number of nitrogens with one attached hydrogen (secondary N) is 3. The standard InChI is InChI=1S/C14H11N4/c1-2-4-12-11(3-1)17-14(18-12)9-5-6-10-13(7-9)16-8-15-10/h1-3,5-8,14,17-18H,(H,15,16). The fourth-order valence-electron chi connectivity index (χ4n) is 2.31. The van der Waals surface area contributed by atoms with Crippen LogP contribution in [0.3, 0.4) is 0 Å². The number of aromatic amines is 1. The lowest BCUT2D eigenvalue weighted by Crippen LogP contribution is -2.11. The molecule has 1 atom stereocenters. The Kier molecular flexibility index (Phi) is 1.85. The van der Waals surface area contributed by atoms with E-state index < -0.39 is 0 Å². The summed E-state index contributed by atoms with van der Waals surface area (Å²) in [5.41, 5.74) is 5.33. The van der Waals surface area contributed by atoms with Crippen LogP contribution in [0.5, 0.6) is 0 Å². The third-order valence-corrected chi connectivity index (χ3v) is 3.22. The second-order valence-electron chi connectivity index (χ2n) is 4.36. The molecule has 4 heteroatoms. The van der Waals surface area contributed by atoms with Crippen molar-refractivity contribution in [3.8, 4) is 0 Å². The van der Waals surface area contributed by atoms with Crippen molar-refractivity contribution in [3.05, 3.63) is 54.4 Å². The Balaban J connectivity index is 1.73. The number of aromatic nitrogens is 2. The molecule has 0 saturated heterocycles. The first kappa shape index (κ1) is 9.53. The molecule has 1 unspecified atom stereocenters. The van der Waals surface area contributed by atoms with E-state index in [0.717, 1.165) is 22.4 Å². The Morgan fingerprint density at radius 1 is 1.17 bits per heavy atom. The van der Waals surface area contributed by atoms with E-state index in [1.54, 1.807) is 6.33 Å². The largest absolute Gasteiger partial charge is 0.360 e. The highest BCUT2D eigenvalue weighted by Crippen LogP contribution is 2.34. The van der Waals surface area contributed by atoms with E-state index in [4.69, 9.17) is 0 Å². The predicted molar refractivity (Wildman–Crippen MR) is 71.4 cm³/mol.